The number of hydrogen-bond acceptors (Lipinski definition) is 6. The molecule has 17 heavy (non-hydrogen) atoms. The van der Waals surface area contributed by atoms with Crippen LogP contribution in [0.3, 0.4) is 0 Å². The van der Waals surface area contributed by atoms with E-state index in [-0.39, 0.29) is 6.10 Å². The van der Waals surface area contributed by atoms with Crippen molar-refractivity contribution in [3.05, 3.63) is 10.6 Å². The molecule has 1 amide bonds. The molecule has 0 spiro atoms. The quantitative estimate of drug-likeness (QED) is 0.841. The summed E-state index contributed by atoms with van der Waals surface area (Å²) in [5.41, 5.74) is 0.520. The van der Waals surface area contributed by atoms with Crippen LogP contribution in [-0.2, 0) is 9.47 Å². The predicted molar refractivity (Wildman–Crippen MR) is 63.4 cm³/mol. The second-order valence-corrected chi connectivity index (χ2v) is 4.50. The largest absolute Gasteiger partial charge is 0.459 e. The Morgan fingerprint density at radius 3 is 2.59 bits per heavy atom. The highest BCUT2D eigenvalue weighted by atomic mass is 32.1. The molecule has 0 saturated carbocycles. The lowest BCUT2D eigenvalue weighted by molar-refractivity contribution is 0.0382. The molecule has 0 saturated heterocycles. The highest BCUT2D eigenvalue weighted by Crippen LogP contribution is 2.23. The summed E-state index contributed by atoms with van der Waals surface area (Å²) in [7, 11) is 1.25. The third kappa shape index (κ3) is 3.70. The summed E-state index contributed by atoms with van der Waals surface area (Å²) >= 11 is 1.06. The van der Waals surface area contributed by atoms with E-state index < -0.39 is 12.1 Å². The molecule has 6 nitrogen and oxygen atoms in total. The van der Waals surface area contributed by atoms with Crippen molar-refractivity contribution in [2.45, 2.75) is 26.9 Å². The molecule has 1 aromatic heterocycles. The molecule has 0 aliphatic heterocycles. The van der Waals surface area contributed by atoms with Crippen LogP contribution in [0.2, 0.25) is 0 Å². The number of ether oxygens (including phenoxy) is 2. The summed E-state index contributed by atoms with van der Waals surface area (Å²) in [5.74, 6) is -0.437. The first-order valence-corrected chi connectivity index (χ1v) is 5.79. The number of carbonyl (C=O) groups is 2. The number of nitrogens with one attached hydrogen (secondary N) is 1. The summed E-state index contributed by atoms with van der Waals surface area (Å²) in [5, 5.41) is 2.71. The van der Waals surface area contributed by atoms with Crippen molar-refractivity contribution in [3.63, 3.8) is 0 Å². The fraction of sp³-hybridized carbons (Fsp3) is 0.500. The molecule has 0 bridgehead atoms. The molecule has 0 aliphatic carbocycles. The smallest absolute Gasteiger partial charge is 0.413 e. The molecule has 1 heterocycles. The first-order chi connectivity index (χ1) is 7.93. The van der Waals surface area contributed by atoms with Crippen LogP contribution >= 0.6 is 11.3 Å². The zero-order valence-electron chi connectivity index (χ0n) is 10.1. The molecule has 0 aliphatic rings. The average molecular weight is 258 g/mol. The van der Waals surface area contributed by atoms with Crippen LogP contribution < -0.4 is 5.32 Å². The monoisotopic (exact) mass is 258 g/mol. The Morgan fingerprint density at radius 1 is 1.41 bits per heavy atom. The van der Waals surface area contributed by atoms with Crippen molar-refractivity contribution in [2.24, 2.45) is 0 Å². The van der Waals surface area contributed by atoms with Gasteiger partial charge in [0.1, 0.15) is 4.88 Å². The number of methoxy groups -OCH3 is 1. The van der Waals surface area contributed by atoms with Gasteiger partial charge in [-0.15, -0.1) is 0 Å². The first kappa shape index (κ1) is 13.4. The molecule has 0 aromatic carbocycles. The van der Waals surface area contributed by atoms with E-state index >= 15 is 0 Å². The van der Waals surface area contributed by atoms with E-state index in [4.69, 9.17) is 4.74 Å². The van der Waals surface area contributed by atoms with E-state index in [0.29, 0.717) is 15.7 Å². The van der Waals surface area contributed by atoms with Gasteiger partial charge in [0.2, 0.25) is 0 Å². The van der Waals surface area contributed by atoms with Crippen molar-refractivity contribution in [3.8, 4) is 0 Å². The minimum absolute atomic E-state index is 0.194. The molecular weight excluding hydrogens is 244 g/mol. The lowest BCUT2D eigenvalue weighted by Crippen LogP contribution is -2.11. The number of thiazole rings is 1. The Labute approximate surface area is 103 Å². The summed E-state index contributed by atoms with van der Waals surface area (Å²) in [6.45, 7) is 5.21. The van der Waals surface area contributed by atoms with Gasteiger partial charge < -0.3 is 9.47 Å². The lowest BCUT2D eigenvalue weighted by atomic mass is 10.4. The van der Waals surface area contributed by atoms with Gasteiger partial charge in [-0.05, 0) is 20.8 Å². The van der Waals surface area contributed by atoms with Crippen LogP contribution in [0.1, 0.15) is 29.2 Å². The number of carbonyl (C=O) groups excluding carboxylic acids is 2. The SMILES string of the molecule is COC(=O)Nc1nc(C)c(C(=O)OC(C)C)s1. The molecule has 1 rings (SSSR count). The van der Waals surface area contributed by atoms with Gasteiger partial charge in [-0.1, -0.05) is 11.3 Å². The molecule has 0 unspecified atom stereocenters. The predicted octanol–water partition coefficient (Wildman–Crippen LogP) is 2.20. The normalized spacial score (nSPS) is 10.2. The van der Waals surface area contributed by atoms with Crippen LogP contribution in [0.15, 0.2) is 0 Å². The maximum absolute atomic E-state index is 11.6. The summed E-state index contributed by atoms with van der Waals surface area (Å²) < 4.78 is 9.48. The van der Waals surface area contributed by atoms with E-state index in [9.17, 15) is 9.59 Å². The second kappa shape index (κ2) is 5.62. The van der Waals surface area contributed by atoms with Gasteiger partial charge in [0.05, 0.1) is 18.9 Å². The fourth-order valence-electron chi connectivity index (χ4n) is 1.05. The van der Waals surface area contributed by atoms with Gasteiger partial charge in [-0.2, -0.15) is 0 Å². The number of rotatable bonds is 3. The first-order valence-electron chi connectivity index (χ1n) is 4.97. The third-order valence-electron chi connectivity index (χ3n) is 1.72. The zero-order chi connectivity index (χ0) is 13.0. The number of nitrogens with zero attached hydrogens (tertiary/aromatic N) is 1. The zero-order valence-corrected chi connectivity index (χ0v) is 10.9. The van der Waals surface area contributed by atoms with Crippen molar-refractivity contribution in [2.75, 3.05) is 12.4 Å². The van der Waals surface area contributed by atoms with Gasteiger partial charge in [-0.25, -0.2) is 14.6 Å². The molecule has 0 fully saturated rings. The topological polar surface area (TPSA) is 77.5 Å². The van der Waals surface area contributed by atoms with E-state index in [1.807, 2.05) is 0 Å². The van der Waals surface area contributed by atoms with Crippen LogP contribution in [0, 0.1) is 6.92 Å². The van der Waals surface area contributed by atoms with Crippen molar-refractivity contribution < 1.29 is 19.1 Å². The highest BCUT2D eigenvalue weighted by molar-refractivity contribution is 7.17. The third-order valence-corrected chi connectivity index (χ3v) is 2.77. The molecule has 0 atom stereocenters. The summed E-state index contributed by atoms with van der Waals surface area (Å²) in [4.78, 5) is 27.0. The minimum atomic E-state index is -0.623. The second-order valence-electron chi connectivity index (χ2n) is 3.50. The maximum Gasteiger partial charge on any atom is 0.413 e. The average Bonchev–Trinajstić information content (AvgIpc) is 2.58. The van der Waals surface area contributed by atoms with Gasteiger partial charge in [0, 0.05) is 0 Å². The molecular formula is C10H14N2O4S. The standard InChI is InChI=1S/C10H14N2O4S/c1-5(2)16-8(13)7-6(3)11-9(17-7)12-10(14)15-4/h5H,1-4H3,(H,11,12,14). The Balaban J connectivity index is 2.81. The molecule has 1 N–H and O–H groups in total. The number of esters is 1. The fourth-order valence-corrected chi connectivity index (χ4v) is 1.88. The van der Waals surface area contributed by atoms with Gasteiger partial charge in [-0.3, -0.25) is 5.32 Å². The number of amides is 1. The van der Waals surface area contributed by atoms with E-state index in [2.05, 4.69) is 15.0 Å². The van der Waals surface area contributed by atoms with Crippen molar-refractivity contribution >= 4 is 28.5 Å². The summed E-state index contributed by atoms with van der Waals surface area (Å²) in [6.07, 6.45) is -0.816. The maximum atomic E-state index is 11.6. The number of hydrogen-bond donors (Lipinski definition) is 1. The van der Waals surface area contributed by atoms with Crippen molar-refractivity contribution in [1.82, 2.24) is 4.98 Å². The number of aromatic nitrogens is 1. The van der Waals surface area contributed by atoms with Crippen LogP contribution in [0.4, 0.5) is 9.93 Å². The van der Waals surface area contributed by atoms with Crippen LogP contribution in [-0.4, -0.2) is 30.3 Å². The Hall–Kier alpha value is -1.63. The molecule has 1 aromatic rings. The van der Waals surface area contributed by atoms with Crippen LogP contribution in [0.25, 0.3) is 0 Å². The Morgan fingerprint density at radius 2 is 2.06 bits per heavy atom. The molecule has 0 radical (unpaired) electrons. The summed E-state index contributed by atoms with van der Waals surface area (Å²) in [6, 6.07) is 0. The highest BCUT2D eigenvalue weighted by Gasteiger charge is 2.18. The van der Waals surface area contributed by atoms with E-state index in [0.717, 1.165) is 11.3 Å². The number of anilines is 1. The molecule has 7 heteroatoms. The number of aryl methyl sites for hydroxylation is 1. The van der Waals surface area contributed by atoms with E-state index in [1.165, 1.54) is 7.11 Å². The van der Waals surface area contributed by atoms with E-state index in [1.54, 1.807) is 20.8 Å². The Bertz CT molecular complexity index is 428. The van der Waals surface area contributed by atoms with Crippen molar-refractivity contribution in [1.29, 1.82) is 0 Å². The lowest BCUT2D eigenvalue weighted by Gasteiger charge is -2.05. The van der Waals surface area contributed by atoms with Gasteiger partial charge in [0.25, 0.3) is 0 Å². The van der Waals surface area contributed by atoms with Gasteiger partial charge in [0.15, 0.2) is 5.13 Å². The van der Waals surface area contributed by atoms with Gasteiger partial charge >= 0.3 is 12.1 Å². The molecule has 94 valence electrons. The minimum Gasteiger partial charge on any atom is -0.459 e. The Kier molecular flexibility index (Phi) is 4.45. The van der Waals surface area contributed by atoms with Crippen LogP contribution in [0.5, 0.6) is 0 Å².